The Morgan fingerprint density at radius 3 is 2.79 bits per heavy atom. The van der Waals surface area contributed by atoms with Gasteiger partial charge in [-0.25, -0.2) is 4.98 Å². The standard InChI is InChI=1S/C11H14ClNO/c1-8-6-10(12)11(13-7-8)14-9-4-2-3-5-9/h6-7,9H,2-5H2,1H3. The SMILES string of the molecule is Cc1cnc(OC2CCCC2)c(Cl)c1. The van der Waals surface area contributed by atoms with Crippen LogP contribution in [-0.4, -0.2) is 11.1 Å². The van der Waals surface area contributed by atoms with Crippen LogP contribution in [0.15, 0.2) is 12.3 Å². The number of ether oxygens (including phenoxy) is 1. The third kappa shape index (κ3) is 2.18. The lowest BCUT2D eigenvalue weighted by molar-refractivity contribution is 0.201. The highest BCUT2D eigenvalue weighted by Crippen LogP contribution is 2.27. The van der Waals surface area contributed by atoms with Gasteiger partial charge in [-0.3, -0.25) is 0 Å². The van der Waals surface area contributed by atoms with Crippen molar-refractivity contribution in [3.05, 3.63) is 22.8 Å². The number of rotatable bonds is 2. The fraction of sp³-hybridized carbons (Fsp3) is 0.545. The number of nitrogens with zero attached hydrogens (tertiary/aromatic N) is 1. The van der Waals surface area contributed by atoms with Crippen molar-refractivity contribution in [2.24, 2.45) is 0 Å². The van der Waals surface area contributed by atoms with Crippen molar-refractivity contribution >= 4 is 11.6 Å². The lowest BCUT2D eigenvalue weighted by Crippen LogP contribution is -2.12. The first-order valence-corrected chi connectivity index (χ1v) is 5.42. The molecule has 0 N–H and O–H groups in total. The number of aryl methyl sites for hydroxylation is 1. The summed E-state index contributed by atoms with van der Waals surface area (Å²) in [6, 6.07) is 1.89. The van der Waals surface area contributed by atoms with Gasteiger partial charge in [0.2, 0.25) is 5.88 Å². The number of hydrogen-bond acceptors (Lipinski definition) is 2. The maximum atomic E-state index is 6.02. The molecule has 2 nitrogen and oxygen atoms in total. The zero-order valence-corrected chi connectivity index (χ0v) is 9.05. The van der Waals surface area contributed by atoms with Crippen LogP contribution < -0.4 is 4.74 Å². The molecule has 0 aromatic carbocycles. The smallest absolute Gasteiger partial charge is 0.232 e. The van der Waals surface area contributed by atoms with Crippen LogP contribution in [0.25, 0.3) is 0 Å². The molecule has 76 valence electrons. The molecule has 1 aromatic heterocycles. The van der Waals surface area contributed by atoms with Gasteiger partial charge in [-0.2, -0.15) is 0 Å². The molecule has 1 aromatic rings. The number of halogens is 1. The van der Waals surface area contributed by atoms with Crippen LogP contribution in [-0.2, 0) is 0 Å². The van der Waals surface area contributed by atoms with E-state index in [4.69, 9.17) is 16.3 Å². The third-order valence-corrected chi connectivity index (χ3v) is 2.80. The lowest BCUT2D eigenvalue weighted by atomic mass is 10.3. The van der Waals surface area contributed by atoms with Crippen molar-refractivity contribution in [1.82, 2.24) is 4.98 Å². The third-order valence-electron chi connectivity index (χ3n) is 2.52. The Morgan fingerprint density at radius 2 is 2.14 bits per heavy atom. The maximum absolute atomic E-state index is 6.02. The molecule has 1 aliphatic carbocycles. The van der Waals surface area contributed by atoms with Gasteiger partial charge >= 0.3 is 0 Å². The molecular weight excluding hydrogens is 198 g/mol. The Hall–Kier alpha value is -0.760. The number of aromatic nitrogens is 1. The molecule has 1 fully saturated rings. The van der Waals surface area contributed by atoms with Crippen LogP contribution in [0, 0.1) is 6.92 Å². The fourth-order valence-electron chi connectivity index (χ4n) is 1.77. The second-order valence-electron chi connectivity index (χ2n) is 3.82. The van der Waals surface area contributed by atoms with Gasteiger partial charge in [-0.05, 0) is 44.2 Å². The summed E-state index contributed by atoms with van der Waals surface area (Å²) in [5.74, 6) is 0.587. The second-order valence-corrected chi connectivity index (χ2v) is 4.23. The van der Waals surface area contributed by atoms with Crippen molar-refractivity contribution < 1.29 is 4.74 Å². The Bertz CT molecular complexity index is 321. The predicted octanol–water partition coefficient (Wildman–Crippen LogP) is 3.36. The molecule has 0 saturated heterocycles. The Morgan fingerprint density at radius 1 is 1.43 bits per heavy atom. The molecule has 0 spiro atoms. The van der Waals surface area contributed by atoms with E-state index in [9.17, 15) is 0 Å². The van der Waals surface area contributed by atoms with Gasteiger partial charge in [0.25, 0.3) is 0 Å². The highest BCUT2D eigenvalue weighted by Gasteiger charge is 2.18. The summed E-state index contributed by atoms with van der Waals surface area (Å²) in [7, 11) is 0. The van der Waals surface area contributed by atoms with Gasteiger partial charge in [0.15, 0.2) is 0 Å². The average Bonchev–Trinajstić information content (AvgIpc) is 2.62. The first kappa shape index (κ1) is 9.78. The molecule has 0 radical (unpaired) electrons. The van der Waals surface area contributed by atoms with Crippen LogP contribution in [0.5, 0.6) is 5.88 Å². The lowest BCUT2D eigenvalue weighted by Gasteiger charge is -2.12. The summed E-state index contributed by atoms with van der Waals surface area (Å²) < 4.78 is 5.72. The molecule has 0 atom stereocenters. The largest absolute Gasteiger partial charge is 0.473 e. The van der Waals surface area contributed by atoms with E-state index >= 15 is 0 Å². The van der Waals surface area contributed by atoms with Gasteiger partial charge in [-0.15, -0.1) is 0 Å². The quantitative estimate of drug-likeness (QED) is 0.749. The molecule has 1 heterocycles. The molecule has 1 aliphatic rings. The fourth-order valence-corrected chi connectivity index (χ4v) is 2.04. The van der Waals surface area contributed by atoms with Crippen LogP contribution in [0.4, 0.5) is 0 Å². The second kappa shape index (κ2) is 4.18. The summed E-state index contributed by atoms with van der Waals surface area (Å²) in [4.78, 5) is 4.19. The predicted molar refractivity (Wildman–Crippen MR) is 56.9 cm³/mol. The normalized spacial score (nSPS) is 17.3. The van der Waals surface area contributed by atoms with Crippen LogP contribution in [0.2, 0.25) is 5.02 Å². The van der Waals surface area contributed by atoms with E-state index in [0.29, 0.717) is 17.0 Å². The average molecular weight is 212 g/mol. The number of pyridine rings is 1. The molecule has 0 bridgehead atoms. The Kier molecular flexibility index (Phi) is 2.92. The van der Waals surface area contributed by atoms with Crippen LogP contribution in [0.1, 0.15) is 31.2 Å². The summed E-state index contributed by atoms with van der Waals surface area (Å²) in [5.41, 5.74) is 1.06. The molecule has 2 rings (SSSR count). The molecule has 14 heavy (non-hydrogen) atoms. The molecule has 0 amide bonds. The van der Waals surface area contributed by atoms with E-state index in [1.54, 1.807) is 6.20 Å². The van der Waals surface area contributed by atoms with Crippen molar-refractivity contribution in [3.63, 3.8) is 0 Å². The summed E-state index contributed by atoms with van der Waals surface area (Å²) in [5, 5.41) is 0.622. The molecule has 3 heteroatoms. The van der Waals surface area contributed by atoms with Crippen molar-refractivity contribution in [2.45, 2.75) is 38.7 Å². The Labute approximate surface area is 89.3 Å². The summed E-state index contributed by atoms with van der Waals surface area (Å²) in [6.07, 6.45) is 6.89. The Balaban J connectivity index is 2.08. The molecule has 1 saturated carbocycles. The van der Waals surface area contributed by atoms with E-state index in [1.807, 2.05) is 13.0 Å². The topological polar surface area (TPSA) is 22.1 Å². The zero-order chi connectivity index (χ0) is 9.97. The van der Waals surface area contributed by atoms with Gasteiger partial charge < -0.3 is 4.74 Å². The first-order valence-electron chi connectivity index (χ1n) is 5.04. The van der Waals surface area contributed by atoms with Crippen molar-refractivity contribution in [1.29, 1.82) is 0 Å². The van der Waals surface area contributed by atoms with Gasteiger partial charge in [0.05, 0.1) is 0 Å². The van der Waals surface area contributed by atoms with Crippen molar-refractivity contribution in [2.75, 3.05) is 0 Å². The maximum Gasteiger partial charge on any atom is 0.232 e. The first-order chi connectivity index (χ1) is 6.75. The van der Waals surface area contributed by atoms with Crippen LogP contribution in [0.3, 0.4) is 0 Å². The molecule has 0 unspecified atom stereocenters. The van der Waals surface area contributed by atoms with Crippen LogP contribution >= 0.6 is 11.6 Å². The van der Waals surface area contributed by atoms with Crippen molar-refractivity contribution in [3.8, 4) is 5.88 Å². The molecular formula is C11H14ClNO. The van der Waals surface area contributed by atoms with E-state index in [-0.39, 0.29) is 0 Å². The minimum atomic E-state index is 0.322. The summed E-state index contributed by atoms with van der Waals surface area (Å²) >= 11 is 6.02. The monoisotopic (exact) mass is 211 g/mol. The number of hydrogen-bond donors (Lipinski definition) is 0. The van der Waals surface area contributed by atoms with E-state index in [2.05, 4.69) is 4.98 Å². The van der Waals surface area contributed by atoms with Gasteiger partial charge in [0.1, 0.15) is 11.1 Å². The minimum Gasteiger partial charge on any atom is -0.473 e. The van der Waals surface area contributed by atoms with E-state index in [1.165, 1.54) is 12.8 Å². The van der Waals surface area contributed by atoms with E-state index in [0.717, 1.165) is 18.4 Å². The summed E-state index contributed by atoms with van der Waals surface area (Å²) in [6.45, 7) is 1.97. The zero-order valence-electron chi connectivity index (χ0n) is 8.29. The molecule has 0 aliphatic heterocycles. The minimum absolute atomic E-state index is 0.322. The van der Waals surface area contributed by atoms with Gasteiger partial charge in [-0.1, -0.05) is 11.6 Å². The highest BCUT2D eigenvalue weighted by atomic mass is 35.5. The van der Waals surface area contributed by atoms with E-state index < -0.39 is 0 Å². The highest BCUT2D eigenvalue weighted by molar-refractivity contribution is 6.31. The van der Waals surface area contributed by atoms with Gasteiger partial charge in [0, 0.05) is 6.20 Å².